The highest BCUT2D eigenvalue weighted by Gasteiger charge is 2.14. The van der Waals surface area contributed by atoms with Crippen molar-refractivity contribution in [2.24, 2.45) is 5.10 Å². The number of halogens is 3. The van der Waals surface area contributed by atoms with Gasteiger partial charge in [-0.3, -0.25) is 4.79 Å². The van der Waals surface area contributed by atoms with Crippen molar-refractivity contribution in [1.29, 1.82) is 0 Å². The van der Waals surface area contributed by atoms with Crippen LogP contribution in [0, 0.1) is 0 Å². The van der Waals surface area contributed by atoms with Gasteiger partial charge in [0.15, 0.2) is 11.5 Å². The molecule has 36 heavy (non-hydrogen) atoms. The van der Waals surface area contributed by atoms with E-state index in [1.165, 1.54) is 4.68 Å². The second kappa shape index (κ2) is 12.2. The van der Waals surface area contributed by atoms with Gasteiger partial charge < -0.3 is 9.47 Å². The van der Waals surface area contributed by atoms with Crippen molar-refractivity contribution in [3.05, 3.63) is 95.3 Å². The molecule has 0 amide bonds. The quantitative estimate of drug-likeness (QED) is 0.172. The lowest BCUT2D eigenvalue weighted by molar-refractivity contribution is 0.283. The predicted molar refractivity (Wildman–Crippen MR) is 154 cm³/mol. The minimum Gasteiger partial charge on any atom is -0.493 e. The summed E-state index contributed by atoms with van der Waals surface area (Å²) in [5.41, 5.74) is 2.11. The third-order valence-electron chi connectivity index (χ3n) is 5.56. The molecule has 6 nitrogen and oxygen atoms in total. The second-order valence-electron chi connectivity index (χ2n) is 8.06. The van der Waals surface area contributed by atoms with Crippen LogP contribution >= 0.6 is 47.8 Å². The molecule has 0 radical (unpaired) electrons. The van der Waals surface area contributed by atoms with Crippen molar-refractivity contribution >= 4 is 64.9 Å². The molecule has 186 valence electrons. The van der Waals surface area contributed by atoms with Crippen LogP contribution < -0.4 is 15.0 Å². The van der Waals surface area contributed by atoms with Gasteiger partial charge in [0, 0.05) is 31.0 Å². The first-order valence-corrected chi connectivity index (χ1v) is 13.8. The van der Waals surface area contributed by atoms with E-state index >= 15 is 0 Å². The maximum Gasteiger partial charge on any atom is 0.282 e. The number of hydrogen-bond acceptors (Lipinski definition) is 5. The van der Waals surface area contributed by atoms with Gasteiger partial charge in [0.1, 0.15) is 12.4 Å². The van der Waals surface area contributed by atoms with Crippen molar-refractivity contribution in [3.63, 3.8) is 0 Å². The Labute approximate surface area is 234 Å². The van der Waals surface area contributed by atoms with Crippen LogP contribution in [-0.2, 0) is 13.0 Å². The Morgan fingerprint density at radius 1 is 1.06 bits per heavy atom. The Morgan fingerprint density at radius 2 is 1.83 bits per heavy atom. The summed E-state index contributed by atoms with van der Waals surface area (Å²) in [6, 6.07) is 17.0. The van der Waals surface area contributed by atoms with E-state index in [9.17, 15) is 4.79 Å². The third-order valence-corrected chi connectivity index (χ3v) is 7.28. The van der Waals surface area contributed by atoms with Crippen molar-refractivity contribution in [2.75, 3.05) is 7.11 Å². The third kappa shape index (κ3) is 6.07. The molecule has 0 bridgehead atoms. The number of nitrogens with zero attached hydrogens (tertiary/aromatic N) is 3. The van der Waals surface area contributed by atoms with Crippen LogP contribution in [-0.4, -0.2) is 23.0 Å². The van der Waals surface area contributed by atoms with E-state index in [1.54, 1.807) is 19.4 Å². The van der Waals surface area contributed by atoms with E-state index in [-0.39, 0.29) is 5.56 Å². The average Bonchev–Trinajstić information content (AvgIpc) is 2.87. The van der Waals surface area contributed by atoms with Crippen LogP contribution in [0.5, 0.6) is 11.5 Å². The van der Waals surface area contributed by atoms with E-state index in [1.807, 2.05) is 48.5 Å². The van der Waals surface area contributed by atoms with Crippen LogP contribution in [0.3, 0.4) is 0 Å². The average molecular weight is 678 g/mol. The summed E-state index contributed by atoms with van der Waals surface area (Å²) >= 11 is 10.5. The molecule has 0 saturated heterocycles. The minimum absolute atomic E-state index is 0.215. The van der Waals surface area contributed by atoms with Gasteiger partial charge in [0.05, 0.1) is 24.2 Å². The molecule has 0 aliphatic carbocycles. The SMILES string of the molecule is CCCCc1nc2ccc(Br)cc2c(=O)n1N=Cc1cccc(OC)c1OCc1ccc(Br)cc1Br. The van der Waals surface area contributed by atoms with E-state index in [4.69, 9.17) is 14.5 Å². The Bertz CT molecular complexity index is 1480. The largest absolute Gasteiger partial charge is 0.493 e. The molecule has 4 aromatic rings. The van der Waals surface area contributed by atoms with Crippen LogP contribution in [0.15, 0.2) is 77.9 Å². The zero-order valence-corrected chi connectivity index (χ0v) is 24.6. The van der Waals surface area contributed by atoms with E-state index in [0.717, 1.165) is 31.8 Å². The van der Waals surface area contributed by atoms with Gasteiger partial charge >= 0.3 is 0 Å². The Kier molecular flexibility index (Phi) is 8.98. The highest BCUT2D eigenvalue weighted by molar-refractivity contribution is 9.11. The van der Waals surface area contributed by atoms with Crippen molar-refractivity contribution in [2.45, 2.75) is 32.8 Å². The van der Waals surface area contributed by atoms with Gasteiger partial charge in [-0.1, -0.05) is 73.3 Å². The Balaban J connectivity index is 1.74. The number of hydrogen-bond donors (Lipinski definition) is 0. The molecule has 0 aliphatic heterocycles. The Hall–Kier alpha value is -2.49. The number of aromatic nitrogens is 2. The molecule has 0 aliphatic rings. The topological polar surface area (TPSA) is 65.7 Å². The lowest BCUT2D eigenvalue weighted by Gasteiger charge is -2.14. The molecule has 4 rings (SSSR count). The van der Waals surface area contributed by atoms with Crippen LogP contribution in [0.25, 0.3) is 10.9 Å². The lowest BCUT2D eigenvalue weighted by atomic mass is 10.2. The minimum atomic E-state index is -0.215. The van der Waals surface area contributed by atoms with E-state index in [0.29, 0.717) is 46.8 Å². The van der Waals surface area contributed by atoms with Gasteiger partial charge in [0.2, 0.25) is 0 Å². The van der Waals surface area contributed by atoms with E-state index in [2.05, 4.69) is 59.8 Å². The zero-order chi connectivity index (χ0) is 25.7. The molecular formula is C27H24Br3N3O3. The molecular weight excluding hydrogens is 654 g/mol. The number of ether oxygens (including phenoxy) is 2. The maximum absolute atomic E-state index is 13.4. The molecule has 0 spiro atoms. The van der Waals surface area contributed by atoms with Gasteiger partial charge in [-0.25, -0.2) is 4.98 Å². The fourth-order valence-electron chi connectivity index (χ4n) is 3.67. The second-order valence-corrected chi connectivity index (χ2v) is 10.7. The molecule has 0 N–H and O–H groups in total. The Morgan fingerprint density at radius 3 is 2.58 bits per heavy atom. The number of para-hydroxylation sites is 1. The fourth-order valence-corrected chi connectivity index (χ4v) is 5.19. The number of aryl methyl sites for hydroxylation is 1. The van der Waals surface area contributed by atoms with Gasteiger partial charge in [0.25, 0.3) is 5.56 Å². The fraction of sp³-hybridized carbons (Fsp3) is 0.222. The zero-order valence-electron chi connectivity index (χ0n) is 19.8. The number of unbranched alkanes of at least 4 members (excludes halogenated alkanes) is 1. The maximum atomic E-state index is 13.4. The number of rotatable bonds is 9. The summed E-state index contributed by atoms with van der Waals surface area (Å²) in [4.78, 5) is 18.1. The molecule has 1 heterocycles. The van der Waals surface area contributed by atoms with Crippen LogP contribution in [0.1, 0.15) is 36.7 Å². The monoisotopic (exact) mass is 675 g/mol. The highest BCUT2D eigenvalue weighted by atomic mass is 79.9. The lowest BCUT2D eigenvalue weighted by Crippen LogP contribution is -2.22. The summed E-state index contributed by atoms with van der Waals surface area (Å²) in [6.45, 7) is 2.43. The first-order chi connectivity index (χ1) is 17.4. The van der Waals surface area contributed by atoms with Gasteiger partial charge in [-0.2, -0.15) is 9.78 Å². The first kappa shape index (κ1) is 26.6. The summed E-state index contributed by atoms with van der Waals surface area (Å²) in [5.74, 6) is 1.74. The number of methoxy groups -OCH3 is 1. The number of benzene rings is 3. The summed E-state index contributed by atoms with van der Waals surface area (Å²) < 4.78 is 15.9. The molecule has 0 unspecified atom stereocenters. The molecule has 9 heteroatoms. The number of fused-ring (bicyclic) bond motifs is 1. The van der Waals surface area contributed by atoms with Crippen molar-refractivity contribution in [3.8, 4) is 11.5 Å². The molecule has 1 aromatic heterocycles. The van der Waals surface area contributed by atoms with Crippen LogP contribution in [0.2, 0.25) is 0 Å². The standard InChI is InChI=1S/C27H24Br3N3O3/c1-3-4-8-25-32-23-12-11-19(28)13-21(23)27(34)33(25)31-15-17-6-5-7-24(35-2)26(17)36-16-18-9-10-20(29)14-22(18)30/h5-7,9-15H,3-4,8,16H2,1-2H3. The summed E-state index contributed by atoms with van der Waals surface area (Å²) in [6.07, 6.45) is 4.15. The first-order valence-electron chi connectivity index (χ1n) is 11.4. The predicted octanol–water partition coefficient (Wildman–Crippen LogP) is 7.50. The van der Waals surface area contributed by atoms with Crippen LogP contribution in [0.4, 0.5) is 0 Å². The van der Waals surface area contributed by atoms with E-state index < -0.39 is 0 Å². The van der Waals surface area contributed by atoms with Crippen molar-refractivity contribution in [1.82, 2.24) is 9.66 Å². The van der Waals surface area contributed by atoms with Crippen molar-refractivity contribution < 1.29 is 9.47 Å². The normalized spacial score (nSPS) is 11.4. The molecule has 0 saturated carbocycles. The van der Waals surface area contributed by atoms with Gasteiger partial charge in [-0.05, 0) is 48.9 Å². The summed E-state index contributed by atoms with van der Waals surface area (Å²) in [7, 11) is 1.59. The smallest absolute Gasteiger partial charge is 0.282 e. The molecule has 3 aromatic carbocycles. The summed E-state index contributed by atoms with van der Waals surface area (Å²) in [5, 5.41) is 5.08. The van der Waals surface area contributed by atoms with Gasteiger partial charge in [-0.15, -0.1) is 0 Å². The highest BCUT2D eigenvalue weighted by Crippen LogP contribution is 2.32. The molecule has 0 atom stereocenters. The molecule has 0 fully saturated rings.